The molecule has 4 N–H and O–H groups in total. The summed E-state index contributed by atoms with van der Waals surface area (Å²) in [6, 6.07) is 0. The zero-order valence-corrected chi connectivity index (χ0v) is 7.21. The zero-order valence-electron chi connectivity index (χ0n) is 7.21. The number of nitrogens with zero attached hydrogens (tertiary/aromatic N) is 1. The standard InChI is InChI=1S/C7H17N3O/c1-3-7(8)6-10(9)4-5-11-2/h6H,3-5,8-9H2,1-2H3/b7-6-. The molecular formula is C7H17N3O. The first-order chi connectivity index (χ1) is 5.20. The van der Waals surface area contributed by atoms with E-state index in [2.05, 4.69) is 0 Å². The van der Waals surface area contributed by atoms with Crippen LogP contribution in [0, 0.1) is 0 Å². The Balaban J connectivity index is 3.57. The molecule has 0 bridgehead atoms. The summed E-state index contributed by atoms with van der Waals surface area (Å²) in [6.07, 6.45) is 2.54. The molecule has 4 nitrogen and oxygen atoms in total. The highest BCUT2D eigenvalue weighted by Crippen LogP contribution is 1.91. The molecule has 0 aromatic rings. The third kappa shape index (κ3) is 5.69. The van der Waals surface area contributed by atoms with Gasteiger partial charge in [-0.1, -0.05) is 6.92 Å². The van der Waals surface area contributed by atoms with Crippen LogP contribution in [0.2, 0.25) is 0 Å². The second-order valence-corrected chi connectivity index (χ2v) is 2.29. The van der Waals surface area contributed by atoms with Crippen LogP contribution in [0.25, 0.3) is 0 Å². The fourth-order valence-corrected chi connectivity index (χ4v) is 0.566. The van der Waals surface area contributed by atoms with E-state index in [-0.39, 0.29) is 0 Å². The first-order valence-corrected chi connectivity index (χ1v) is 3.67. The van der Waals surface area contributed by atoms with E-state index in [1.807, 2.05) is 6.92 Å². The predicted octanol–water partition coefficient (Wildman–Crippen LogP) is 0.0186. The molecule has 0 rings (SSSR count). The number of hydrogen-bond donors (Lipinski definition) is 2. The van der Waals surface area contributed by atoms with Gasteiger partial charge in [0.15, 0.2) is 0 Å². The SMILES string of the molecule is CC/C(N)=C/N(N)CCOC. The average Bonchev–Trinajstić information content (AvgIpc) is 2.00. The molecule has 0 radical (unpaired) electrons. The van der Waals surface area contributed by atoms with Crippen LogP contribution in [0.3, 0.4) is 0 Å². The Morgan fingerprint density at radius 2 is 2.27 bits per heavy atom. The Labute approximate surface area is 67.8 Å². The number of hydrazine groups is 1. The molecule has 4 heteroatoms. The van der Waals surface area contributed by atoms with Crippen LogP contribution in [-0.4, -0.2) is 25.3 Å². The first-order valence-electron chi connectivity index (χ1n) is 3.67. The van der Waals surface area contributed by atoms with Gasteiger partial charge in [0.2, 0.25) is 0 Å². The van der Waals surface area contributed by atoms with Gasteiger partial charge >= 0.3 is 0 Å². The minimum absolute atomic E-state index is 0.615. The largest absolute Gasteiger partial charge is 0.401 e. The molecule has 0 aliphatic carbocycles. The van der Waals surface area contributed by atoms with Crippen molar-refractivity contribution in [3.63, 3.8) is 0 Å². The normalized spacial score (nSPS) is 11.7. The number of rotatable bonds is 5. The fourth-order valence-electron chi connectivity index (χ4n) is 0.566. The van der Waals surface area contributed by atoms with Crippen molar-refractivity contribution in [1.29, 1.82) is 0 Å². The van der Waals surface area contributed by atoms with Gasteiger partial charge in [-0.15, -0.1) is 0 Å². The van der Waals surface area contributed by atoms with Crippen molar-refractivity contribution in [2.24, 2.45) is 11.6 Å². The Morgan fingerprint density at radius 3 is 2.73 bits per heavy atom. The van der Waals surface area contributed by atoms with Gasteiger partial charge in [0.1, 0.15) is 0 Å². The summed E-state index contributed by atoms with van der Waals surface area (Å²) in [5.41, 5.74) is 6.33. The maximum Gasteiger partial charge on any atom is 0.0653 e. The Bertz CT molecular complexity index is 125. The van der Waals surface area contributed by atoms with Crippen LogP contribution < -0.4 is 11.6 Å². The lowest BCUT2D eigenvalue weighted by atomic mass is 10.4. The van der Waals surface area contributed by atoms with Crippen molar-refractivity contribution in [2.45, 2.75) is 13.3 Å². The summed E-state index contributed by atoms with van der Waals surface area (Å²) < 4.78 is 4.84. The molecule has 0 spiro atoms. The molecule has 0 aromatic heterocycles. The van der Waals surface area contributed by atoms with Gasteiger partial charge < -0.3 is 15.5 Å². The number of ether oxygens (including phenoxy) is 1. The molecular weight excluding hydrogens is 142 g/mol. The summed E-state index contributed by atoms with van der Waals surface area (Å²) in [4.78, 5) is 0. The number of methoxy groups -OCH3 is 1. The zero-order chi connectivity index (χ0) is 8.69. The van der Waals surface area contributed by atoms with Crippen molar-refractivity contribution < 1.29 is 4.74 Å². The van der Waals surface area contributed by atoms with Crippen LogP contribution >= 0.6 is 0 Å². The van der Waals surface area contributed by atoms with E-state index in [4.69, 9.17) is 16.3 Å². The van der Waals surface area contributed by atoms with Gasteiger partial charge in [-0.25, -0.2) is 5.84 Å². The van der Waals surface area contributed by atoms with Gasteiger partial charge in [-0.2, -0.15) is 0 Å². The lowest BCUT2D eigenvalue weighted by Crippen LogP contribution is -2.29. The maximum absolute atomic E-state index is 5.54. The molecule has 0 fully saturated rings. The van der Waals surface area contributed by atoms with Crippen LogP contribution in [0.4, 0.5) is 0 Å². The molecule has 0 saturated heterocycles. The number of nitrogens with two attached hydrogens (primary N) is 2. The van der Waals surface area contributed by atoms with Crippen LogP contribution in [0.1, 0.15) is 13.3 Å². The lowest BCUT2D eigenvalue weighted by Gasteiger charge is -2.13. The summed E-state index contributed by atoms with van der Waals surface area (Å²) in [7, 11) is 1.64. The van der Waals surface area contributed by atoms with Crippen molar-refractivity contribution in [1.82, 2.24) is 5.01 Å². The molecule has 0 atom stereocenters. The van der Waals surface area contributed by atoms with Crippen molar-refractivity contribution in [3.05, 3.63) is 11.9 Å². The van der Waals surface area contributed by atoms with E-state index < -0.39 is 0 Å². The van der Waals surface area contributed by atoms with Gasteiger partial charge in [0, 0.05) is 19.0 Å². The minimum Gasteiger partial charge on any atom is -0.401 e. The summed E-state index contributed by atoms with van der Waals surface area (Å²) in [5.74, 6) is 5.53. The Kier molecular flexibility index (Phi) is 5.60. The van der Waals surface area contributed by atoms with Crippen LogP contribution in [0.5, 0.6) is 0 Å². The molecule has 66 valence electrons. The Hall–Kier alpha value is -0.740. The van der Waals surface area contributed by atoms with Gasteiger partial charge in [0.25, 0.3) is 0 Å². The third-order valence-corrected chi connectivity index (χ3v) is 1.29. The van der Waals surface area contributed by atoms with E-state index in [9.17, 15) is 0 Å². The quantitative estimate of drug-likeness (QED) is 0.438. The molecule has 0 unspecified atom stereocenters. The van der Waals surface area contributed by atoms with Crippen molar-refractivity contribution in [3.8, 4) is 0 Å². The second-order valence-electron chi connectivity index (χ2n) is 2.29. The monoisotopic (exact) mass is 159 g/mol. The van der Waals surface area contributed by atoms with Crippen molar-refractivity contribution >= 4 is 0 Å². The molecule has 0 amide bonds. The number of hydrogen-bond acceptors (Lipinski definition) is 4. The average molecular weight is 159 g/mol. The molecule has 0 heterocycles. The first kappa shape index (κ1) is 10.3. The van der Waals surface area contributed by atoms with Crippen LogP contribution in [-0.2, 0) is 4.74 Å². The molecule has 0 aromatic carbocycles. The highest BCUT2D eigenvalue weighted by Gasteiger charge is 1.92. The smallest absolute Gasteiger partial charge is 0.0653 e. The molecule has 0 aliphatic rings. The highest BCUT2D eigenvalue weighted by atomic mass is 16.5. The predicted molar refractivity (Wildman–Crippen MR) is 45.3 cm³/mol. The van der Waals surface area contributed by atoms with Gasteiger partial charge in [-0.3, -0.25) is 0 Å². The van der Waals surface area contributed by atoms with Crippen molar-refractivity contribution in [2.75, 3.05) is 20.3 Å². The number of allylic oxidation sites excluding steroid dienone is 1. The van der Waals surface area contributed by atoms with E-state index in [1.165, 1.54) is 5.01 Å². The van der Waals surface area contributed by atoms with E-state index in [0.717, 1.165) is 12.1 Å². The molecule has 0 aliphatic heterocycles. The van der Waals surface area contributed by atoms with E-state index >= 15 is 0 Å². The van der Waals surface area contributed by atoms with E-state index in [1.54, 1.807) is 13.3 Å². The maximum atomic E-state index is 5.54. The van der Waals surface area contributed by atoms with Crippen LogP contribution in [0.15, 0.2) is 11.9 Å². The topological polar surface area (TPSA) is 64.5 Å². The highest BCUT2D eigenvalue weighted by molar-refractivity contribution is 4.93. The summed E-state index contributed by atoms with van der Waals surface area (Å²) in [5, 5.41) is 1.53. The second kappa shape index (κ2) is 6.00. The fraction of sp³-hybridized carbons (Fsp3) is 0.714. The molecule has 11 heavy (non-hydrogen) atoms. The van der Waals surface area contributed by atoms with Gasteiger partial charge in [-0.05, 0) is 6.42 Å². The Morgan fingerprint density at radius 1 is 1.64 bits per heavy atom. The minimum atomic E-state index is 0.615. The summed E-state index contributed by atoms with van der Waals surface area (Å²) >= 11 is 0. The van der Waals surface area contributed by atoms with Gasteiger partial charge in [0.05, 0.1) is 13.2 Å². The van der Waals surface area contributed by atoms with E-state index in [0.29, 0.717) is 13.2 Å². The summed E-state index contributed by atoms with van der Waals surface area (Å²) in [6.45, 7) is 3.26. The molecule has 0 saturated carbocycles. The lowest BCUT2D eigenvalue weighted by molar-refractivity contribution is 0.169. The third-order valence-electron chi connectivity index (χ3n) is 1.29.